The summed E-state index contributed by atoms with van der Waals surface area (Å²) in [5, 5.41) is 2.53. The summed E-state index contributed by atoms with van der Waals surface area (Å²) in [7, 11) is 0. The van der Waals surface area contributed by atoms with Gasteiger partial charge in [0.25, 0.3) is 11.8 Å². The van der Waals surface area contributed by atoms with Crippen LogP contribution in [0.2, 0.25) is 0 Å². The van der Waals surface area contributed by atoms with E-state index in [0.29, 0.717) is 23.5 Å². The highest BCUT2D eigenvalue weighted by Gasteiger charge is 2.13. The van der Waals surface area contributed by atoms with E-state index in [1.807, 2.05) is 26.0 Å². The summed E-state index contributed by atoms with van der Waals surface area (Å²) < 4.78 is 5.56. The van der Waals surface area contributed by atoms with E-state index in [4.69, 9.17) is 17.0 Å². The lowest BCUT2D eigenvalue weighted by molar-refractivity contribution is 0.0931. The summed E-state index contributed by atoms with van der Waals surface area (Å²) >= 11 is 5.06. The first kappa shape index (κ1) is 19.4. The number of ether oxygens (including phenoxy) is 1. The first-order valence-corrected chi connectivity index (χ1v) is 8.63. The Labute approximate surface area is 157 Å². The molecule has 0 bridgehead atoms. The van der Waals surface area contributed by atoms with Crippen LogP contribution in [0.1, 0.15) is 39.6 Å². The molecule has 0 aliphatic heterocycles. The van der Waals surface area contributed by atoms with Crippen LogP contribution in [0.15, 0.2) is 48.5 Å². The van der Waals surface area contributed by atoms with Crippen LogP contribution in [0.25, 0.3) is 0 Å². The summed E-state index contributed by atoms with van der Waals surface area (Å²) in [4.78, 5) is 24.5. The topological polar surface area (TPSA) is 79.5 Å². The standard InChI is InChI=1S/C19H21N3O3S/c1-3-12-25-16-11-7-6-10-15(16)18(24)21-22-19(26)20-17(23)14-9-5-4-8-13(14)2/h4-11H,3,12H2,1-2H3,(H,21,24)(H2,20,22,23,26). The van der Waals surface area contributed by atoms with Crippen LogP contribution < -0.4 is 20.9 Å². The third kappa shape index (κ3) is 5.29. The number of carbonyl (C=O) groups is 2. The average Bonchev–Trinajstić information content (AvgIpc) is 2.65. The number of benzene rings is 2. The first-order valence-electron chi connectivity index (χ1n) is 8.22. The second-order valence-corrected chi connectivity index (χ2v) is 5.93. The number of thiocarbonyl (C=S) groups is 1. The maximum atomic E-state index is 12.3. The number of rotatable bonds is 5. The summed E-state index contributed by atoms with van der Waals surface area (Å²) in [5.41, 5.74) is 6.71. The average molecular weight is 371 g/mol. The van der Waals surface area contributed by atoms with E-state index in [2.05, 4.69) is 16.2 Å². The Kier molecular flexibility index (Phi) is 7.11. The van der Waals surface area contributed by atoms with Crippen molar-refractivity contribution in [2.45, 2.75) is 20.3 Å². The van der Waals surface area contributed by atoms with Gasteiger partial charge in [0.1, 0.15) is 5.75 Å². The molecule has 136 valence electrons. The van der Waals surface area contributed by atoms with E-state index >= 15 is 0 Å². The summed E-state index contributed by atoms with van der Waals surface area (Å²) in [6.07, 6.45) is 0.837. The normalized spacial score (nSPS) is 9.92. The highest BCUT2D eigenvalue weighted by atomic mass is 32.1. The molecule has 6 nitrogen and oxygen atoms in total. The second-order valence-electron chi connectivity index (χ2n) is 5.52. The molecule has 2 aromatic carbocycles. The van der Waals surface area contributed by atoms with E-state index in [1.165, 1.54) is 0 Å². The number of nitrogens with one attached hydrogen (secondary N) is 3. The molecule has 3 N–H and O–H groups in total. The van der Waals surface area contributed by atoms with Crippen molar-refractivity contribution >= 4 is 29.1 Å². The highest BCUT2D eigenvalue weighted by molar-refractivity contribution is 7.80. The second kappa shape index (κ2) is 9.53. The fraction of sp³-hybridized carbons (Fsp3) is 0.211. The van der Waals surface area contributed by atoms with E-state index in [-0.39, 0.29) is 11.0 Å². The highest BCUT2D eigenvalue weighted by Crippen LogP contribution is 2.17. The largest absolute Gasteiger partial charge is 0.493 e. The summed E-state index contributed by atoms with van der Waals surface area (Å²) in [5.74, 6) is -0.269. The molecule has 0 saturated carbocycles. The molecule has 2 aromatic rings. The van der Waals surface area contributed by atoms with Crippen molar-refractivity contribution < 1.29 is 14.3 Å². The smallest absolute Gasteiger partial charge is 0.273 e. The molecule has 7 heteroatoms. The van der Waals surface area contributed by atoms with E-state index in [9.17, 15) is 9.59 Å². The van der Waals surface area contributed by atoms with Gasteiger partial charge in [0.15, 0.2) is 5.11 Å². The Balaban J connectivity index is 1.92. The molecule has 0 radical (unpaired) electrons. The van der Waals surface area contributed by atoms with Gasteiger partial charge in [-0.3, -0.25) is 25.8 Å². The molecule has 0 aromatic heterocycles. The molecular formula is C19H21N3O3S. The van der Waals surface area contributed by atoms with Crippen LogP contribution in [-0.4, -0.2) is 23.5 Å². The maximum Gasteiger partial charge on any atom is 0.273 e. The quantitative estimate of drug-likeness (QED) is 0.556. The molecule has 2 rings (SSSR count). The molecule has 26 heavy (non-hydrogen) atoms. The lowest BCUT2D eigenvalue weighted by atomic mass is 10.1. The van der Waals surface area contributed by atoms with Crippen LogP contribution >= 0.6 is 12.2 Å². The van der Waals surface area contributed by atoms with Crippen LogP contribution in [0.3, 0.4) is 0 Å². The number of amides is 2. The molecule has 0 spiro atoms. The van der Waals surface area contributed by atoms with Crippen molar-refractivity contribution in [2.24, 2.45) is 0 Å². The third-order valence-electron chi connectivity index (χ3n) is 3.50. The first-order chi connectivity index (χ1) is 12.5. The van der Waals surface area contributed by atoms with Crippen LogP contribution in [0.5, 0.6) is 5.75 Å². The lowest BCUT2D eigenvalue weighted by Gasteiger charge is -2.13. The van der Waals surface area contributed by atoms with Crippen molar-refractivity contribution in [3.8, 4) is 5.75 Å². The van der Waals surface area contributed by atoms with Crippen molar-refractivity contribution in [2.75, 3.05) is 6.61 Å². The van der Waals surface area contributed by atoms with E-state index in [0.717, 1.165) is 12.0 Å². The molecule has 0 atom stereocenters. The van der Waals surface area contributed by atoms with Gasteiger partial charge < -0.3 is 4.74 Å². The molecular weight excluding hydrogens is 350 g/mol. The van der Waals surface area contributed by atoms with Gasteiger partial charge in [-0.2, -0.15) is 0 Å². The zero-order valence-electron chi connectivity index (χ0n) is 14.7. The Morgan fingerprint density at radius 1 is 0.962 bits per heavy atom. The molecule has 0 aliphatic carbocycles. The number of carbonyl (C=O) groups excluding carboxylic acids is 2. The van der Waals surface area contributed by atoms with Gasteiger partial charge in [-0.1, -0.05) is 37.3 Å². The van der Waals surface area contributed by atoms with Crippen LogP contribution in [0, 0.1) is 6.92 Å². The van der Waals surface area contributed by atoms with Gasteiger partial charge in [0.05, 0.1) is 12.2 Å². The van der Waals surface area contributed by atoms with Crippen molar-refractivity contribution in [3.05, 3.63) is 65.2 Å². The van der Waals surface area contributed by atoms with E-state index < -0.39 is 5.91 Å². The zero-order chi connectivity index (χ0) is 18.9. The Morgan fingerprint density at radius 2 is 1.62 bits per heavy atom. The van der Waals surface area contributed by atoms with Gasteiger partial charge in [-0.25, -0.2) is 0 Å². The Bertz CT molecular complexity index is 808. The van der Waals surface area contributed by atoms with Gasteiger partial charge in [0, 0.05) is 5.56 Å². The van der Waals surface area contributed by atoms with Gasteiger partial charge in [0.2, 0.25) is 0 Å². The van der Waals surface area contributed by atoms with Gasteiger partial charge >= 0.3 is 0 Å². The number of aryl methyl sites for hydroxylation is 1. The Hall–Kier alpha value is -2.93. The fourth-order valence-corrected chi connectivity index (χ4v) is 2.35. The fourth-order valence-electron chi connectivity index (χ4n) is 2.20. The minimum absolute atomic E-state index is 0.00133. The summed E-state index contributed by atoms with van der Waals surface area (Å²) in [6, 6.07) is 14.1. The van der Waals surface area contributed by atoms with Crippen molar-refractivity contribution in [1.82, 2.24) is 16.2 Å². The van der Waals surface area contributed by atoms with Crippen LogP contribution in [0.4, 0.5) is 0 Å². The molecule has 2 amide bonds. The summed E-state index contributed by atoms with van der Waals surface area (Å²) in [6.45, 7) is 4.34. The minimum atomic E-state index is -0.413. The van der Waals surface area contributed by atoms with Gasteiger partial charge in [-0.05, 0) is 49.3 Å². The monoisotopic (exact) mass is 371 g/mol. The SMILES string of the molecule is CCCOc1ccccc1C(=O)NNC(=S)NC(=O)c1ccccc1C. The maximum absolute atomic E-state index is 12.3. The van der Waals surface area contributed by atoms with Crippen molar-refractivity contribution in [3.63, 3.8) is 0 Å². The molecule has 0 heterocycles. The number of hydrogen-bond acceptors (Lipinski definition) is 4. The van der Waals surface area contributed by atoms with E-state index in [1.54, 1.807) is 36.4 Å². The number of hydrazine groups is 1. The van der Waals surface area contributed by atoms with Crippen LogP contribution in [-0.2, 0) is 0 Å². The predicted octanol–water partition coefficient (Wildman–Crippen LogP) is 2.73. The lowest BCUT2D eigenvalue weighted by Crippen LogP contribution is -2.48. The molecule has 0 fully saturated rings. The minimum Gasteiger partial charge on any atom is -0.493 e. The predicted molar refractivity (Wildman–Crippen MR) is 104 cm³/mol. The molecule has 0 saturated heterocycles. The zero-order valence-corrected chi connectivity index (χ0v) is 15.5. The molecule has 0 aliphatic rings. The Morgan fingerprint density at radius 3 is 2.31 bits per heavy atom. The number of para-hydroxylation sites is 1. The third-order valence-corrected chi connectivity index (χ3v) is 3.70. The van der Waals surface area contributed by atoms with Crippen molar-refractivity contribution in [1.29, 1.82) is 0 Å². The van der Waals surface area contributed by atoms with Gasteiger partial charge in [-0.15, -0.1) is 0 Å². The molecule has 0 unspecified atom stereocenters. The number of hydrogen-bond donors (Lipinski definition) is 3.